The van der Waals surface area contributed by atoms with Crippen LogP contribution in [-0.4, -0.2) is 36.4 Å². The summed E-state index contributed by atoms with van der Waals surface area (Å²) in [5.74, 6) is 2.48. The minimum absolute atomic E-state index is 0.333. The van der Waals surface area contributed by atoms with Crippen molar-refractivity contribution in [3.05, 3.63) is 11.7 Å². The fourth-order valence-corrected chi connectivity index (χ4v) is 3.15. The molecule has 0 radical (unpaired) electrons. The highest BCUT2D eigenvalue weighted by Crippen LogP contribution is 2.33. The molecule has 1 aliphatic heterocycles. The van der Waals surface area contributed by atoms with Crippen molar-refractivity contribution in [2.45, 2.75) is 56.4 Å². The van der Waals surface area contributed by atoms with E-state index in [1.807, 2.05) is 7.05 Å². The fourth-order valence-electron chi connectivity index (χ4n) is 3.15. The fraction of sp³-hybridized carbons (Fsp3) is 0.857. The number of rotatable bonds is 3. The molecule has 5 heteroatoms. The van der Waals surface area contributed by atoms with Crippen molar-refractivity contribution in [2.24, 2.45) is 0 Å². The molecule has 1 saturated heterocycles. The number of hydrogen-bond acceptors (Lipinski definition) is 5. The first-order valence-electron chi connectivity index (χ1n) is 7.45. The minimum atomic E-state index is 0.333. The van der Waals surface area contributed by atoms with Crippen LogP contribution in [0.4, 0.5) is 0 Å². The van der Waals surface area contributed by atoms with Gasteiger partial charge in [0.1, 0.15) is 0 Å². The Balaban J connectivity index is 1.61. The molecule has 1 saturated carbocycles. The van der Waals surface area contributed by atoms with E-state index in [9.17, 15) is 0 Å². The maximum Gasteiger partial charge on any atom is 0.229 e. The first kappa shape index (κ1) is 13.1. The molecule has 2 fully saturated rings. The Bertz CT molecular complexity index is 393. The summed E-state index contributed by atoms with van der Waals surface area (Å²) in [5.41, 5.74) is 0. The van der Waals surface area contributed by atoms with Gasteiger partial charge in [0.2, 0.25) is 5.89 Å². The van der Waals surface area contributed by atoms with Gasteiger partial charge in [0, 0.05) is 24.5 Å². The van der Waals surface area contributed by atoms with Crippen LogP contribution in [0, 0.1) is 0 Å². The van der Waals surface area contributed by atoms with Crippen molar-refractivity contribution in [1.29, 1.82) is 0 Å². The summed E-state index contributed by atoms with van der Waals surface area (Å²) in [7, 11) is 2.04. The highest BCUT2D eigenvalue weighted by Gasteiger charge is 2.28. The quantitative estimate of drug-likeness (QED) is 0.908. The molecule has 3 rings (SSSR count). The van der Waals surface area contributed by atoms with E-state index in [4.69, 9.17) is 9.26 Å². The Hall–Kier alpha value is -0.940. The molecule has 1 N–H and O–H groups in total. The molecule has 2 heterocycles. The molecular formula is C14H23N3O2. The smallest absolute Gasteiger partial charge is 0.229 e. The van der Waals surface area contributed by atoms with E-state index in [0.29, 0.717) is 17.9 Å². The summed E-state index contributed by atoms with van der Waals surface area (Å²) in [5, 5.41) is 7.52. The zero-order valence-electron chi connectivity index (χ0n) is 11.6. The van der Waals surface area contributed by atoms with E-state index < -0.39 is 0 Å². The average molecular weight is 265 g/mol. The van der Waals surface area contributed by atoms with E-state index in [1.165, 1.54) is 12.8 Å². The van der Waals surface area contributed by atoms with Gasteiger partial charge in [0.15, 0.2) is 5.82 Å². The third-order valence-electron chi connectivity index (χ3n) is 4.47. The zero-order valence-corrected chi connectivity index (χ0v) is 11.6. The summed E-state index contributed by atoms with van der Waals surface area (Å²) in [6.07, 6.45) is 6.91. The molecule has 0 bridgehead atoms. The Labute approximate surface area is 114 Å². The lowest BCUT2D eigenvalue weighted by molar-refractivity contribution is 0.0773. The molecule has 1 aromatic rings. The largest absolute Gasteiger partial charge is 0.381 e. The summed E-state index contributed by atoms with van der Waals surface area (Å²) < 4.78 is 11.0. The van der Waals surface area contributed by atoms with Crippen LogP contribution in [-0.2, 0) is 4.74 Å². The zero-order chi connectivity index (χ0) is 13.1. The molecule has 1 unspecified atom stereocenters. The minimum Gasteiger partial charge on any atom is -0.381 e. The van der Waals surface area contributed by atoms with Crippen molar-refractivity contribution in [2.75, 3.05) is 20.3 Å². The van der Waals surface area contributed by atoms with Gasteiger partial charge >= 0.3 is 0 Å². The lowest BCUT2D eigenvalue weighted by Crippen LogP contribution is -2.29. The van der Waals surface area contributed by atoms with Crippen molar-refractivity contribution >= 4 is 0 Å². The lowest BCUT2D eigenvalue weighted by atomic mass is 9.86. The first-order chi connectivity index (χ1) is 9.36. The molecule has 0 aromatic carbocycles. The summed E-state index contributed by atoms with van der Waals surface area (Å²) in [6, 6.07) is 0.658. The number of aromatic nitrogens is 2. The molecule has 0 amide bonds. The molecular weight excluding hydrogens is 242 g/mol. The molecule has 1 atom stereocenters. The Morgan fingerprint density at radius 2 is 1.95 bits per heavy atom. The van der Waals surface area contributed by atoms with Crippen LogP contribution < -0.4 is 5.32 Å². The van der Waals surface area contributed by atoms with Crippen LogP contribution in [0.15, 0.2) is 4.52 Å². The van der Waals surface area contributed by atoms with Gasteiger partial charge in [-0.15, -0.1) is 0 Å². The van der Waals surface area contributed by atoms with Crippen LogP contribution in [0.3, 0.4) is 0 Å². The second-order valence-corrected chi connectivity index (χ2v) is 5.74. The third kappa shape index (κ3) is 2.98. The van der Waals surface area contributed by atoms with Gasteiger partial charge in [-0.2, -0.15) is 4.98 Å². The first-order valence-corrected chi connectivity index (χ1v) is 7.45. The molecule has 2 aliphatic rings. The van der Waals surface area contributed by atoms with Crippen LogP contribution in [0.1, 0.15) is 62.1 Å². The van der Waals surface area contributed by atoms with Gasteiger partial charge in [-0.1, -0.05) is 5.16 Å². The maximum absolute atomic E-state index is 5.49. The topological polar surface area (TPSA) is 60.2 Å². The van der Waals surface area contributed by atoms with Crippen LogP contribution in [0.5, 0.6) is 0 Å². The molecule has 1 aromatic heterocycles. The van der Waals surface area contributed by atoms with E-state index >= 15 is 0 Å². The second-order valence-electron chi connectivity index (χ2n) is 5.74. The molecule has 106 valence electrons. The molecule has 1 aliphatic carbocycles. The van der Waals surface area contributed by atoms with Crippen molar-refractivity contribution in [3.63, 3.8) is 0 Å². The van der Waals surface area contributed by atoms with Crippen LogP contribution in [0.2, 0.25) is 0 Å². The van der Waals surface area contributed by atoms with Crippen LogP contribution >= 0.6 is 0 Å². The van der Waals surface area contributed by atoms with E-state index in [0.717, 1.165) is 50.6 Å². The van der Waals surface area contributed by atoms with Gasteiger partial charge in [-0.25, -0.2) is 0 Å². The molecule has 19 heavy (non-hydrogen) atoms. The van der Waals surface area contributed by atoms with Gasteiger partial charge in [0.25, 0.3) is 0 Å². The SMILES string of the molecule is CNC1CCC(c2nc(C3CCCOC3)no2)CC1. The van der Waals surface area contributed by atoms with Gasteiger partial charge in [0.05, 0.1) is 6.61 Å². The van der Waals surface area contributed by atoms with Crippen molar-refractivity contribution in [1.82, 2.24) is 15.5 Å². The predicted molar refractivity (Wildman–Crippen MR) is 71.1 cm³/mol. The molecule has 0 spiro atoms. The van der Waals surface area contributed by atoms with Crippen LogP contribution in [0.25, 0.3) is 0 Å². The normalized spacial score (nSPS) is 32.4. The van der Waals surface area contributed by atoms with Gasteiger partial charge < -0.3 is 14.6 Å². The van der Waals surface area contributed by atoms with E-state index in [1.54, 1.807) is 0 Å². The van der Waals surface area contributed by atoms with E-state index in [2.05, 4.69) is 15.5 Å². The number of hydrogen-bond donors (Lipinski definition) is 1. The number of nitrogens with zero attached hydrogens (tertiary/aromatic N) is 2. The van der Waals surface area contributed by atoms with Crippen molar-refractivity contribution in [3.8, 4) is 0 Å². The Morgan fingerprint density at radius 1 is 1.11 bits per heavy atom. The van der Waals surface area contributed by atoms with Gasteiger partial charge in [-0.3, -0.25) is 0 Å². The number of ether oxygens (including phenoxy) is 1. The lowest BCUT2D eigenvalue weighted by Gasteiger charge is -2.25. The molecule has 5 nitrogen and oxygen atoms in total. The average Bonchev–Trinajstić information content (AvgIpc) is 2.98. The number of nitrogens with one attached hydrogen (secondary N) is 1. The second kappa shape index (κ2) is 6.01. The highest BCUT2D eigenvalue weighted by molar-refractivity contribution is 5.01. The monoisotopic (exact) mass is 265 g/mol. The van der Waals surface area contributed by atoms with E-state index in [-0.39, 0.29) is 0 Å². The highest BCUT2D eigenvalue weighted by atomic mass is 16.5. The third-order valence-corrected chi connectivity index (χ3v) is 4.47. The summed E-state index contributed by atoms with van der Waals surface area (Å²) >= 11 is 0. The maximum atomic E-state index is 5.49. The predicted octanol–water partition coefficient (Wildman–Crippen LogP) is 2.21. The van der Waals surface area contributed by atoms with Gasteiger partial charge in [-0.05, 0) is 45.6 Å². The Morgan fingerprint density at radius 3 is 2.63 bits per heavy atom. The summed E-state index contributed by atoms with van der Waals surface area (Å²) in [6.45, 7) is 1.61. The Kier molecular flexibility index (Phi) is 4.13. The summed E-state index contributed by atoms with van der Waals surface area (Å²) in [4.78, 5) is 4.63. The standard InChI is InChI=1S/C14H23N3O2/c1-15-12-6-4-10(5-7-12)14-16-13(17-19-14)11-3-2-8-18-9-11/h10-12,15H,2-9H2,1H3. The van der Waals surface area contributed by atoms with Crippen molar-refractivity contribution < 1.29 is 9.26 Å².